The number of hydrogen-bond donors (Lipinski definition) is 1. The quantitative estimate of drug-likeness (QED) is 0.880. The van der Waals surface area contributed by atoms with Gasteiger partial charge in [0.05, 0.1) is 7.11 Å². The molecule has 2 aromatic rings. The molecule has 0 aliphatic heterocycles. The lowest BCUT2D eigenvalue weighted by molar-refractivity contribution is 0.414. The third-order valence-electron chi connectivity index (χ3n) is 2.45. The SMILES string of the molecule is C/C=C/c1cnc(N)nc1-c1nc(Br)ccc1OC. The van der Waals surface area contributed by atoms with Crippen LogP contribution in [0.3, 0.4) is 0 Å². The van der Waals surface area contributed by atoms with E-state index in [1.807, 2.05) is 31.2 Å². The van der Waals surface area contributed by atoms with Crippen molar-refractivity contribution < 1.29 is 4.74 Å². The van der Waals surface area contributed by atoms with Crippen LogP contribution in [0.5, 0.6) is 5.75 Å². The Morgan fingerprint density at radius 1 is 1.26 bits per heavy atom. The van der Waals surface area contributed by atoms with Gasteiger partial charge in [-0.1, -0.05) is 12.2 Å². The first-order valence-corrected chi connectivity index (χ1v) is 6.41. The Balaban J connectivity index is 2.69. The van der Waals surface area contributed by atoms with Crippen LogP contribution in [-0.4, -0.2) is 22.1 Å². The van der Waals surface area contributed by atoms with E-state index in [-0.39, 0.29) is 5.95 Å². The van der Waals surface area contributed by atoms with Gasteiger partial charge in [0.2, 0.25) is 5.95 Å². The predicted octanol–water partition coefficient (Wildman–Crippen LogP) is 2.93. The third-order valence-corrected chi connectivity index (χ3v) is 2.89. The number of pyridine rings is 1. The maximum absolute atomic E-state index is 5.66. The van der Waals surface area contributed by atoms with Crippen molar-refractivity contribution in [3.05, 3.63) is 34.6 Å². The number of nitrogens with zero attached hydrogens (tertiary/aromatic N) is 3. The van der Waals surface area contributed by atoms with Crippen molar-refractivity contribution in [1.82, 2.24) is 15.0 Å². The molecule has 0 radical (unpaired) electrons. The van der Waals surface area contributed by atoms with Gasteiger partial charge < -0.3 is 10.5 Å². The number of allylic oxidation sites excluding steroid dienone is 1. The molecule has 0 saturated carbocycles. The van der Waals surface area contributed by atoms with Gasteiger partial charge in [-0.15, -0.1) is 0 Å². The summed E-state index contributed by atoms with van der Waals surface area (Å²) in [4.78, 5) is 12.7. The number of nitrogen functional groups attached to an aromatic ring is 1. The lowest BCUT2D eigenvalue weighted by Crippen LogP contribution is -2.01. The molecule has 2 heterocycles. The maximum Gasteiger partial charge on any atom is 0.220 e. The smallest absolute Gasteiger partial charge is 0.220 e. The Morgan fingerprint density at radius 2 is 2.05 bits per heavy atom. The predicted molar refractivity (Wildman–Crippen MR) is 78.6 cm³/mol. The summed E-state index contributed by atoms with van der Waals surface area (Å²) >= 11 is 3.35. The summed E-state index contributed by atoms with van der Waals surface area (Å²) in [6, 6.07) is 3.63. The van der Waals surface area contributed by atoms with Gasteiger partial charge in [-0.25, -0.2) is 15.0 Å². The highest BCUT2D eigenvalue weighted by atomic mass is 79.9. The van der Waals surface area contributed by atoms with E-state index in [4.69, 9.17) is 10.5 Å². The van der Waals surface area contributed by atoms with E-state index in [0.29, 0.717) is 21.7 Å². The van der Waals surface area contributed by atoms with Crippen LogP contribution < -0.4 is 10.5 Å². The molecular formula is C13H13BrN4O. The summed E-state index contributed by atoms with van der Waals surface area (Å²) in [5, 5.41) is 0. The summed E-state index contributed by atoms with van der Waals surface area (Å²) in [5.74, 6) is 0.833. The highest BCUT2D eigenvalue weighted by Gasteiger charge is 2.14. The molecule has 0 atom stereocenters. The van der Waals surface area contributed by atoms with E-state index in [9.17, 15) is 0 Å². The van der Waals surface area contributed by atoms with Crippen molar-refractivity contribution in [3.63, 3.8) is 0 Å². The van der Waals surface area contributed by atoms with E-state index in [1.165, 1.54) is 0 Å². The van der Waals surface area contributed by atoms with E-state index in [1.54, 1.807) is 13.3 Å². The molecule has 2 aromatic heterocycles. The fourth-order valence-corrected chi connectivity index (χ4v) is 1.96. The second-order valence-electron chi connectivity index (χ2n) is 3.72. The molecular weight excluding hydrogens is 308 g/mol. The fourth-order valence-electron chi connectivity index (χ4n) is 1.65. The van der Waals surface area contributed by atoms with Crippen LogP contribution in [0.2, 0.25) is 0 Å². The van der Waals surface area contributed by atoms with E-state index < -0.39 is 0 Å². The lowest BCUT2D eigenvalue weighted by Gasteiger charge is -2.10. The molecule has 0 aliphatic rings. The largest absolute Gasteiger partial charge is 0.494 e. The molecule has 0 saturated heterocycles. The molecule has 2 N–H and O–H groups in total. The van der Waals surface area contributed by atoms with Crippen LogP contribution >= 0.6 is 15.9 Å². The van der Waals surface area contributed by atoms with Gasteiger partial charge in [0.1, 0.15) is 21.7 Å². The van der Waals surface area contributed by atoms with Gasteiger partial charge in [-0.2, -0.15) is 0 Å². The van der Waals surface area contributed by atoms with Gasteiger partial charge in [-0.05, 0) is 35.0 Å². The lowest BCUT2D eigenvalue weighted by atomic mass is 10.1. The van der Waals surface area contributed by atoms with Crippen molar-refractivity contribution >= 4 is 28.0 Å². The zero-order valence-electron chi connectivity index (χ0n) is 10.6. The topological polar surface area (TPSA) is 73.9 Å². The molecule has 98 valence electrons. The van der Waals surface area contributed by atoms with Gasteiger partial charge in [-0.3, -0.25) is 0 Å². The van der Waals surface area contributed by atoms with Crippen LogP contribution in [0, 0.1) is 0 Å². The second kappa shape index (κ2) is 5.79. The monoisotopic (exact) mass is 320 g/mol. The number of hydrogen-bond acceptors (Lipinski definition) is 5. The molecule has 0 spiro atoms. The Morgan fingerprint density at radius 3 is 2.74 bits per heavy atom. The zero-order valence-corrected chi connectivity index (χ0v) is 12.2. The minimum atomic E-state index is 0.201. The minimum absolute atomic E-state index is 0.201. The molecule has 0 aromatic carbocycles. The summed E-state index contributed by atoms with van der Waals surface area (Å²) < 4.78 is 6.02. The van der Waals surface area contributed by atoms with Crippen molar-refractivity contribution in [2.45, 2.75) is 6.92 Å². The first kappa shape index (κ1) is 13.5. The number of rotatable bonds is 3. The summed E-state index contributed by atoms with van der Waals surface area (Å²) in [6.45, 7) is 1.92. The van der Waals surface area contributed by atoms with Crippen molar-refractivity contribution in [2.75, 3.05) is 12.8 Å². The van der Waals surface area contributed by atoms with E-state index in [0.717, 1.165) is 5.56 Å². The first-order valence-electron chi connectivity index (χ1n) is 5.61. The zero-order chi connectivity index (χ0) is 13.8. The second-order valence-corrected chi connectivity index (χ2v) is 4.53. The summed E-state index contributed by atoms with van der Waals surface area (Å²) in [6.07, 6.45) is 5.47. The summed E-state index contributed by atoms with van der Waals surface area (Å²) in [7, 11) is 1.59. The Bertz CT molecular complexity index is 628. The Labute approximate surface area is 119 Å². The number of halogens is 1. The highest BCUT2D eigenvalue weighted by molar-refractivity contribution is 9.10. The molecule has 0 unspecified atom stereocenters. The van der Waals surface area contributed by atoms with Crippen molar-refractivity contribution in [2.24, 2.45) is 0 Å². The molecule has 0 bridgehead atoms. The van der Waals surface area contributed by atoms with Crippen LogP contribution in [0.1, 0.15) is 12.5 Å². The number of nitrogens with two attached hydrogens (primary N) is 1. The number of anilines is 1. The van der Waals surface area contributed by atoms with Crippen LogP contribution in [0.15, 0.2) is 29.0 Å². The molecule has 0 amide bonds. The molecule has 0 aliphatic carbocycles. The standard InChI is InChI=1S/C13H13BrN4O/c1-3-4-8-7-16-13(15)18-11(8)12-9(19-2)5-6-10(14)17-12/h3-7H,1-2H3,(H2,15,16,18)/b4-3+. The van der Waals surface area contributed by atoms with Gasteiger partial charge in [0.15, 0.2) is 0 Å². The van der Waals surface area contributed by atoms with Gasteiger partial charge in [0.25, 0.3) is 0 Å². The molecule has 6 heteroatoms. The van der Waals surface area contributed by atoms with E-state index in [2.05, 4.69) is 30.9 Å². The molecule has 19 heavy (non-hydrogen) atoms. The Kier molecular flexibility index (Phi) is 4.11. The number of ether oxygens (including phenoxy) is 1. The average Bonchev–Trinajstić information content (AvgIpc) is 2.41. The molecule has 5 nitrogen and oxygen atoms in total. The Hall–Kier alpha value is -1.95. The van der Waals surface area contributed by atoms with Crippen LogP contribution in [-0.2, 0) is 0 Å². The van der Waals surface area contributed by atoms with Crippen molar-refractivity contribution in [1.29, 1.82) is 0 Å². The number of methoxy groups -OCH3 is 1. The first-order chi connectivity index (χ1) is 9.15. The van der Waals surface area contributed by atoms with Crippen LogP contribution in [0.4, 0.5) is 5.95 Å². The summed E-state index contributed by atoms with van der Waals surface area (Å²) in [5.41, 5.74) is 7.76. The molecule has 2 rings (SSSR count). The minimum Gasteiger partial charge on any atom is -0.494 e. The van der Waals surface area contributed by atoms with E-state index >= 15 is 0 Å². The van der Waals surface area contributed by atoms with Gasteiger partial charge in [0, 0.05) is 11.8 Å². The van der Waals surface area contributed by atoms with Gasteiger partial charge >= 0.3 is 0 Å². The molecule has 0 fully saturated rings. The maximum atomic E-state index is 5.66. The number of aromatic nitrogens is 3. The van der Waals surface area contributed by atoms with Crippen LogP contribution in [0.25, 0.3) is 17.5 Å². The third kappa shape index (κ3) is 2.90. The normalized spacial score (nSPS) is 10.9. The highest BCUT2D eigenvalue weighted by Crippen LogP contribution is 2.31. The average molecular weight is 321 g/mol. The van der Waals surface area contributed by atoms with Crippen molar-refractivity contribution in [3.8, 4) is 17.1 Å². The fraction of sp³-hybridized carbons (Fsp3) is 0.154.